The second-order valence-electron chi connectivity index (χ2n) is 8.47. The zero-order chi connectivity index (χ0) is 24.5. The maximum Gasteiger partial charge on any atom is 0.341 e. The monoisotopic (exact) mass is 510 g/mol. The Bertz CT molecular complexity index is 1410. The average molecular weight is 511 g/mol. The first-order valence-electron chi connectivity index (χ1n) is 11.2. The van der Waals surface area contributed by atoms with Crippen molar-refractivity contribution in [1.82, 2.24) is 39.7 Å². The van der Waals surface area contributed by atoms with Crippen molar-refractivity contribution in [2.45, 2.75) is 30.0 Å². The first kappa shape index (κ1) is 22.7. The zero-order valence-corrected chi connectivity index (χ0v) is 19.7. The summed E-state index contributed by atoms with van der Waals surface area (Å²) in [7, 11) is -3.59. The molecule has 2 aromatic heterocycles. The van der Waals surface area contributed by atoms with Gasteiger partial charge in [0.05, 0.1) is 30.7 Å². The fourth-order valence-corrected chi connectivity index (χ4v) is 5.81. The van der Waals surface area contributed by atoms with Crippen LogP contribution in [0.25, 0.3) is 5.69 Å². The predicted octanol–water partition coefficient (Wildman–Crippen LogP) is 0.873. The van der Waals surface area contributed by atoms with Gasteiger partial charge in [0.2, 0.25) is 10.0 Å². The van der Waals surface area contributed by atoms with Gasteiger partial charge in [-0.2, -0.15) is 9.78 Å². The number of ether oxygens (including phenoxy) is 3. The third-order valence-corrected chi connectivity index (χ3v) is 7.44. The van der Waals surface area contributed by atoms with E-state index >= 15 is 0 Å². The average Bonchev–Trinajstić information content (AvgIpc) is 3.67. The Morgan fingerprint density at radius 1 is 1.03 bits per heavy atom. The fourth-order valence-electron chi connectivity index (χ4n) is 4.43. The van der Waals surface area contributed by atoms with Crippen LogP contribution in [0, 0.1) is 0 Å². The quantitative estimate of drug-likeness (QED) is 0.362. The van der Waals surface area contributed by atoms with Crippen molar-refractivity contribution in [3.8, 4) is 17.4 Å². The van der Waals surface area contributed by atoms with Gasteiger partial charge in [-0.3, -0.25) is 0 Å². The van der Waals surface area contributed by atoms with E-state index in [1.54, 1.807) is 47.4 Å². The molecule has 4 heterocycles. The lowest BCUT2D eigenvalue weighted by atomic mass is 10.1. The minimum absolute atomic E-state index is 0.119. The number of sulfonamides is 1. The van der Waals surface area contributed by atoms with E-state index in [1.807, 2.05) is 18.2 Å². The summed E-state index contributed by atoms with van der Waals surface area (Å²) in [4.78, 5) is 3.94. The Kier molecular flexibility index (Phi) is 5.92. The molecule has 0 bridgehead atoms. The van der Waals surface area contributed by atoms with E-state index in [0.717, 1.165) is 5.69 Å². The lowest BCUT2D eigenvalue weighted by molar-refractivity contribution is 0.0615. The number of hydrogen-bond donors (Lipinski definition) is 1. The molecule has 0 saturated carbocycles. The fraction of sp³-hybridized carbons (Fsp3) is 0.318. The smallest absolute Gasteiger partial charge is 0.341 e. The number of fused-ring (bicyclic) bond motifs is 1. The Morgan fingerprint density at radius 2 is 1.83 bits per heavy atom. The second-order valence-corrected chi connectivity index (χ2v) is 10.2. The maximum atomic E-state index is 12.7. The van der Waals surface area contributed by atoms with Gasteiger partial charge in [-0.1, -0.05) is 35.4 Å². The topological polar surface area (TPSA) is 148 Å². The molecule has 4 atom stereocenters. The van der Waals surface area contributed by atoms with E-state index in [-0.39, 0.29) is 31.0 Å². The summed E-state index contributed by atoms with van der Waals surface area (Å²) in [5, 5.41) is 15.9. The van der Waals surface area contributed by atoms with Crippen LogP contribution in [0.5, 0.6) is 11.8 Å². The molecule has 1 N–H and O–H groups in total. The maximum absolute atomic E-state index is 12.7. The van der Waals surface area contributed by atoms with Crippen molar-refractivity contribution in [2.24, 2.45) is 0 Å². The molecule has 0 aliphatic carbocycles. The number of tetrazole rings is 1. The van der Waals surface area contributed by atoms with Crippen LogP contribution in [0.15, 0.2) is 67.3 Å². The standard InChI is InChI=1S/C22H22N8O5S/c31-36(32,12-15-4-2-1-3-5-15)26-18-10-33-21-19(11-34-20(18)21)30-22(25-27-28-30)35-17-8-6-16(7-9-17)29-14-23-13-24-29/h1-9,13-14,18-21,26H,10-12H2/t18-,19+,20-,21+/m1/s1. The molecular formula is C22H22N8O5S. The van der Waals surface area contributed by atoms with Crippen LogP contribution in [-0.2, 0) is 25.2 Å². The highest BCUT2D eigenvalue weighted by Crippen LogP contribution is 2.36. The number of rotatable bonds is 8. The summed E-state index contributed by atoms with van der Waals surface area (Å²) in [6.45, 7) is 0.431. The predicted molar refractivity (Wildman–Crippen MR) is 124 cm³/mol. The van der Waals surface area contributed by atoms with Gasteiger partial charge < -0.3 is 14.2 Å². The Balaban J connectivity index is 1.12. The van der Waals surface area contributed by atoms with Gasteiger partial charge in [-0.25, -0.2) is 22.8 Å². The van der Waals surface area contributed by atoms with Gasteiger partial charge in [0, 0.05) is 0 Å². The normalized spacial score (nSPS) is 23.6. The number of benzene rings is 2. The molecule has 186 valence electrons. The lowest BCUT2D eigenvalue weighted by Gasteiger charge is -2.18. The highest BCUT2D eigenvalue weighted by atomic mass is 32.2. The third-order valence-electron chi connectivity index (χ3n) is 6.06. The minimum Gasteiger partial charge on any atom is -0.423 e. The van der Waals surface area contributed by atoms with Crippen molar-refractivity contribution in [2.75, 3.05) is 13.2 Å². The summed E-state index contributed by atoms with van der Waals surface area (Å²) < 4.78 is 49.1. The van der Waals surface area contributed by atoms with E-state index in [9.17, 15) is 8.42 Å². The van der Waals surface area contributed by atoms with E-state index in [2.05, 4.69) is 30.3 Å². The summed E-state index contributed by atoms with van der Waals surface area (Å²) in [5.74, 6) is 0.413. The van der Waals surface area contributed by atoms with Crippen molar-refractivity contribution in [3.05, 3.63) is 72.8 Å². The number of aromatic nitrogens is 7. The number of nitrogens with zero attached hydrogens (tertiary/aromatic N) is 7. The summed E-state index contributed by atoms with van der Waals surface area (Å²) in [5.41, 5.74) is 1.53. The lowest BCUT2D eigenvalue weighted by Crippen LogP contribution is -2.44. The molecule has 36 heavy (non-hydrogen) atoms. The molecule has 14 heteroatoms. The van der Waals surface area contributed by atoms with E-state index < -0.39 is 28.3 Å². The molecule has 0 radical (unpaired) electrons. The van der Waals surface area contributed by atoms with Gasteiger partial charge in [-0.05, 0) is 40.3 Å². The largest absolute Gasteiger partial charge is 0.423 e. The number of hydrogen-bond acceptors (Lipinski definition) is 10. The van der Waals surface area contributed by atoms with Gasteiger partial charge in [0.1, 0.15) is 36.7 Å². The summed E-state index contributed by atoms with van der Waals surface area (Å²) in [6.07, 6.45) is 2.15. The highest BCUT2D eigenvalue weighted by Gasteiger charge is 2.50. The van der Waals surface area contributed by atoms with Crippen LogP contribution in [0.4, 0.5) is 0 Å². The van der Waals surface area contributed by atoms with Crippen molar-refractivity contribution in [3.63, 3.8) is 0 Å². The Morgan fingerprint density at radius 3 is 2.61 bits per heavy atom. The molecule has 4 aromatic rings. The molecule has 13 nitrogen and oxygen atoms in total. The second kappa shape index (κ2) is 9.39. The molecule has 0 spiro atoms. The molecule has 2 saturated heterocycles. The number of nitrogens with one attached hydrogen (secondary N) is 1. The van der Waals surface area contributed by atoms with Crippen molar-refractivity contribution >= 4 is 10.0 Å². The molecule has 6 rings (SSSR count). The third kappa shape index (κ3) is 4.58. The Labute approximate surface area is 206 Å². The van der Waals surface area contributed by atoms with E-state index in [4.69, 9.17) is 14.2 Å². The Hall–Kier alpha value is -3.72. The van der Waals surface area contributed by atoms with Crippen molar-refractivity contribution < 1.29 is 22.6 Å². The summed E-state index contributed by atoms with van der Waals surface area (Å²) in [6, 6.07) is 15.5. The van der Waals surface area contributed by atoms with Gasteiger partial charge in [0.25, 0.3) is 0 Å². The minimum atomic E-state index is -3.59. The molecule has 0 amide bonds. The van der Waals surface area contributed by atoms with Crippen LogP contribution in [0.2, 0.25) is 0 Å². The molecule has 2 aliphatic rings. The van der Waals surface area contributed by atoms with Crippen LogP contribution in [-0.4, -0.2) is 74.9 Å². The molecule has 2 fully saturated rings. The first-order chi connectivity index (χ1) is 17.6. The van der Waals surface area contributed by atoms with Crippen LogP contribution in [0.3, 0.4) is 0 Å². The van der Waals surface area contributed by atoms with Crippen LogP contribution >= 0.6 is 0 Å². The molecule has 2 aromatic carbocycles. The zero-order valence-electron chi connectivity index (χ0n) is 18.9. The van der Waals surface area contributed by atoms with E-state index in [0.29, 0.717) is 11.3 Å². The summed E-state index contributed by atoms with van der Waals surface area (Å²) >= 11 is 0. The van der Waals surface area contributed by atoms with Gasteiger partial charge in [-0.15, -0.1) is 0 Å². The molecule has 0 unspecified atom stereocenters. The first-order valence-corrected chi connectivity index (χ1v) is 12.9. The van der Waals surface area contributed by atoms with Gasteiger partial charge >= 0.3 is 6.01 Å². The van der Waals surface area contributed by atoms with Gasteiger partial charge in [0.15, 0.2) is 0 Å². The highest BCUT2D eigenvalue weighted by molar-refractivity contribution is 7.88. The molecular weight excluding hydrogens is 488 g/mol. The van der Waals surface area contributed by atoms with Crippen LogP contribution in [0.1, 0.15) is 11.6 Å². The van der Waals surface area contributed by atoms with E-state index in [1.165, 1.54) is 11.0 Å². The van der Waals surface area contributed by atoms with Crippen LogP contribution < -0.4 is 9.46 Å². The molecule has 2 aliphatic heterocycles. The SMILES string of the molecule is O=S(=O)(Cc1ccccc1)N[C@@H]1CO[C@@H]2[C@@H]1OC[C@@H]2n1nnnc1Oc1ccc(-n2cncn2)cc1. The van der Waals surface area contributed by atoms with Crippen molar-refractivity contribution in [1.29, 1.82) is 0 Å².